The van der Waals surface area contributed by atoms with Crippen LogP contribution in [0.1, 0.15) is 31.7 Å². The van der Waals surface area contributed by atoms with Crippen LogP contribution < -0.4 is 5.32 Å². The van der Waals surface area contributed by atoms with E-state index < -0.39 is 0 Å². The maximum atomic E-state index is 6.11. The maximum absolute atomic E-state index is 6.11. The van der Waals surface area contributed by atoms with Gasteiger partial charge < -0.3 is 5.32 Å². The third-order valence-corrected chi connectivity index (χ3v) is 4.08. The van der Waals surface area contributed by atoms with Crippen molar-refractivity contribution in [2.75, 3.05) is 0 Å². The molecule has 0 saturated heterocycles. The number of benzene rings is 1. The van der Waals surface area contributed by atoms with Crippen LogP contribution in [0.5, 0.6) is 0 Å². The van der Waals surface area contributed by atoms with Crippen molar-refractivity contribution in [2.45, 2.75) is 38.8 Å². The molecule has 3 heteroatoms. The predicted octanol–water partition coefficient (Wildman–Crippen LogP) is 4.27. The van der Waals surface area contributed by atoms with Crippen LogP contribution in [-0.2, 0) is 6.54 Å². The Kier molecular flexibility index (Phi) is 4.12. The van der Waals surface area contributed by atoms with Crippen LogP contribution >= 0.6 is 23.2 Å². The fourth-order valence-corrected chi connectivity index (χ4v) is 2.44. The Bertz CT molecular complexity index is 361. The molecule has 2 rings (SSSR count). The second-order valence-electron chi connectivity index (χ2n) is 4.60. The molecular weight excluding hydrogens is 241 g/mol. The third kappa shape index (κ3) is 2.91. The van der Waals surface area contributed by atoms with E-state index in [0.717, 1.165) is 28.1 Å². The van der Waals surface area contributed by atoms with Gasteiger partial charge in [0.2, 0.25) is 0 Å². The van der Waals surface area contributed by atoms with Gasteiger partial charge >= 0.3 is 0 Å². The first-order chi connectivity index (χ1) is 7.66. The molecule has 1 unspecified atom stereocenters. The smallest absolute Gasteiger partial charge is 0.0451 e. The van der Waals surface area contributed by atoms with Gasteiger partial charge in [0.1, 0.15) is 0 Å². The summed E-state index contributed by atoms with van der Waals surface area (Å²) in [5.74, 6) is 0.845. The SMILES string of the molecule is CC(NCc1cc(Cl)ccc1Cl)C1CCC1. The van der Waals surface area contributed by atoms with Gasteiger partial charge in [-0.15, -0.1) is 0 Å². The summed E-state index contributed by atoms with van der Waals surface area (Å²) in [6.45, 7) is 3.05. The molecule has 0 bridgehead atoms. The van der Waals surface area contributed by atoms with E-state index in [2.05, 4.69) is 12.2 Å². The van der Waals surface area contributed by atoms with Crippen molar-refractivity contribution >= 4 is 23.2 Å². The predicted molar refractivity (Wildman–Crippen MR) is 70.1 cm³/mol. The molecular formula is C13H17Cl2N. The van der Waals surface area contributed by atoms with E-state index in [4.69, 9.17) is 23.2 Å². The van der Waals surface area contributed by atoms with Gasteiger partial charge in [0.15, 0.2) is 0 Å². The van der Waals surface area contributed by atoms with Gasteiger partial charge in [-0.3, -0.25) is 0 Å². The van der Waals surface area contributed by atoms with E-state index in [9.17, 15) is 0 Å². The Labute approximate surface area is 107 Å². The zero-order valence-corrected chi connectivity index (χ0v) is 11.0. The largest absolute Gasteiger partial charge is 0.310 e. The van der Waals surface area contributed by atoms with Gasteiger partial charge in [0.25, 0.3) is 0 Å². The van der Waals surface area contributed by atoms with Gasteiger partial charge in [0, 0.05) is 22.6 Å². The number of hydrogen-bond acceptors (Lipinski definition) is 1. The zero-order valence-electron chi connectivity index (χ0n) is 9.47. The fourth-order valence-electron chi connectivity index (χ4n) is 2.06. The minimum absolute atomic E-state index is 0.573. The van der Waals surface area contributed by atoms with Gasteiger partial charge in [0.05, 0.1) is 0 Å². The van der Waals surface area contributed by atoms with Crippen LogP contribution in [0.3, 0.4) is 0 Å². The summed E-state index contributed by atoms with van der Waals surface area (Å²) >= 11 is 12.1. The van der Waals surface area contributed by atoms with Crippen molar-refractivity contribution in [1.82, 2.24) is 5.32 Å². The lowest BCUT2D eigenvalue weighted by Crippen LogP contribution is -2.36. The molecule has 0 radical (unpaired) electrons. The molecule has 0 aliphatic heterocycles. The van der Waals surface area contributed by atoms with E-state index in [1.807, 2.05) is 18.2 Å². The average Bonchev–Trinajstić information content (AvgIpc) is 2.17. The minimum atomic E-state index is 0.573. The highest BCUT2D eigenvalue weighted by Crippen LogP contribution is 2.29. The number of hydrogen-bond donors (Lipinski definition) is 1. The molecule has 88 valence electrons. The van der Waals surface area contributed by atoms with Gasteiger partial charge in [-0.2, -0.15) is 0 Å². The summed E-state index contributed by atoms with van der Waals surface area (Å²) in [7, 11) is 0. The van der Waals surface area contributed by atoms with Crippen LogP contribution in [0.2, 0.25) is 10.0 Å². The van der Waals surface area contributed by atoms with Gasteiger partial charge in [-0.05, 0) is 49.4 Å². The first kappa shape index (κ1) is 12.2. The number of halogens is 2. The lowest BCUT2D eigenvalue weighted by Gasteiger charge is -2.32. The van der Waals surface area contributed by atoms with E-state index in [1.54, 1.807) is 0 Å². The Balaban J connectivity index is 1.90. The second-order valence-corrected chi connectivity index (χ2v) is 5.44. The molecule has 1 aromatic carbocycles. The summed E-state index contributed by atoms with van der Waals surface area (Å²) in [5.41, 5.74) is 1.08. The van der Waals surface area contributed by atoms with Crippen molar-refractivity contribution < 1.29 is 0 Å². The number of rotatable bonds is 4. The molecule has 1 atom stereocenters. The number of nitrogens with one attached hydrogen (secondary N) is 1. The molecule has 1 nitrogen and oxygen atoms in total. The van der Waals surface area contributed by atoms with Crippen molar-refractivity contribution in [3.05, 3.63) is 33.8 Å². The quantitative estimate of drug-likeness (QED) is 0.850. The summed E-state index contributed by atoms with van der Waals surface area (Å²) in [4.78, 5) is 0. The van der Waals surface area contributed by atoms with Crippen LogP contribution in [-0.4, -0.2) is 6.04 Å². The molecule has 1 fully saturated rings. The summed E-state index contributed by atoms with van der Waals surface area (Å²) in [6.07, 6.45) is 4.10. The highest BCUT2D eigenvalue weighted by molar-refractivity contribution is 6.33. The Morgan fingerprint density at radius 3 is 2.75 bits per heavy atom. The molecule has 1 saturated carbocycles. The molecule has 0 heterocycles. The van der Waals surface area contributed by atoms with Crippen molar-refractivity contribution in [2.24, 2.45) is 5.92 Å². The highest BCUT2D eigenvalue weighted by Gasteiger charge is 2.23. The van der Waals surface area contributed by atoms with Crippen LogP contribution in [0.15, 0.2) is 18.2 Å². The molecule has 1 aromatic rings. The maximum Gasteiger partial charge on any atom is 0.0451 e. The normalized spacial score (nSPS) is 18.2. The lowest BCUT2D eigenvalue weighted by atomic mass is 9.80. The van der Waals surface area contributed by atoms with Crippen LogP contribution in [0, 0.1) is 5.92 Å². The van der Waals surface area contributed by atoms with Crippen molar-refractivity contribution in [1.29, 1.82) is 0 Å². The lowest BCUT2D eigenvalue weighted by molar-refractivity contribution is 0.240. The zero-order chi connectivity index (χ0) is 11.5. The van der Waals surface area contributed by atoms with Crippen LogP contribution in [0.25, 0.3) is 0 Å². The van der Waals surface area contributed by atoms with E-state index in [0.29, 0.717) is 6.04 Å². The van der Waals surface area contributed by atoms with E-state index in [-0.39, 0.29) is 0 Å². The van der Waals surface area contributed by atoms with Gasteiger partial charge in [-0.1, -0.05) is 29.6 Å². The first-order valence-electron chi connectivity index (χ1n) is 5.84. The first-order valence-corrected chi connectivity index (χ1v) is 6.59. The van der Waals surface area contributed by atoms with E-state index >= 15 is 0 Å². The average molecular weight is 258 g/mol. The molecule has 1 N–H and O–H groups in total. The third-order valence-electron chi connectivity index (χ3n) is 3.48. The summed E-state index contributed by atoms with van der Waals surface area (Å²) in [5, 5.41) is 5.06. The standard InChI is InChI=1S/C13H17Cl2N/c1-9(10-3-2-4-10)16-8-11-7-12(14)5-6-13(11)15/h5-7,9-10,16H,2-4,8H2,1H3. The molecule has 1 aliphatic carbocycles. The topological polar surface area (TPSA) is 12.0 Å². The molecule has 16 heavy (non-hydrogen) atoms. The van der Waals surface area contributed by atoms with Gasteiger partial charge in [-0.25, -0.2) is 0 Å². The Hall–Kier alpha value is -0.240. The van der Waals surface area contributed by atoms with Crippen molar-refractivity contribution in [3.8, 4) is 0 Å². The van der Waals surface area contributed by atoms with E-state index in [1.165, 1.54) is 19.3 Å². The molecule has 0 spiro atoms. The van der Waals surface area contributed by atoms with Crippen LogP contribution in [0.4, 0.5) is 0 Å². The molecule has 1 aliphatic rings. The highest BCUT2D eigenvalue weighted by atomic mass is 35.5. The molecule has 0 amide bonds. The van der Waals surface area contributed by atoms with Crippen molar-refractivity contribution in [3.63, 3.8) is 0 Å². The monoisotopic (exact) mass is 257 g/mol. The summed E-state index contributed by atoms with van der Waals surface area (Å²) < 4.78 is 0. The fraction of sp³-hybridized carbons (Fsp3) is 0.538. The molecule has 0 aromatic heterocycles. The summed E-state index contributed by atoms with van der Waals surface area (Å²) in [6, 6.07) is 6.19. The Morgan fingerprint density at radius 1 is 1.38 bits per heavy atom. The Morgan fingerprint density at radius 2 is 2.12 bits per heavy atom. The minimum Gasteiger partial charge on any atom is -0.310 e. The second kappa shape index (κ2) is 5.39.